The first-order valence-corrected chi connectivity index (χ1v) is 8.34. The van der Waals surface area contributed by atoms with Gasteiger partial charge in [-0.2, -0.15) is 0 Å². The number of aryl methyl sites for hydroxylation is 2. The topological polar surface area (TPSA) is 54.0 Å². The maximum Gasteiger partial charge on any atom is 0.253 e. The molecule has 1 amide bonds. The molecule has 132 valence electrons. The van der Waals surface area contributed by atoms with Crippen LogP contribution in [0.15, 0.2) is 60.9 Å². The number of halogens is 1. The lowest BCUT2D eigenvalue weighted by molar-refractivity contribution is 0.0950. The zero-order valence-corrected chi connectivity index (χ0v) is 14.7. The lowest BCUT2D eigenvalue weighted by Gasteiger charge is -2.11. The Morgan fingerprint density at radius 1 is 1.08 bits per heavy atom. The van der Waals surface area contributed by atoms with Crippen LogP contribution < -0.4 is 10.6 Å². The van der Waals surface area contributed by atoms with Crippen molar-refractivity contribution in [1.82, 2.24) is 10.3 Å². The average Bonchev–Trinajstić information content (AvgIpc) is 2.63. The Balaban J connectivity index is 1.70. The van der Waals surface area contributed by atoms with Crippen molar-refractivity contribution >= 4 is 17.3 Å². The zero-order valence-electron chi connectivity index (χ0n) is 14.7. The van der Waals surface area contributed by atoms with Gasteiger partial charge in [-0.25, -0.2) is 4.39 Å². The predicted octanol–water partition coefficient (Wildman–Crippen LogP) is 4.51. The molecule has 0 bridgehead atoms. The molecule has 5 heteroatoms. The number of carbonyl (C=O) groups excluding carboxylic acids is 1. The van der Waals surface area contributed by atoms with Crippen LogP contribution in [0.1, 0.15) is 27.0 Å². The maximum atomic E-state index is 13.6. The molecule has 4 nitrogen and oxygen atoms in total. The molecule has 0 saturated carbocycles. The van der Waals surface area contributed by atoms with Gasteiger partial charge >= 0.3 is 0 Å². The minimum absolute atomic E-state index is 0.125. The zero-order chi connectivity index (χ0) is 18.5. The fourth-order valence-corrected chi connectivity index (χ4v) is 2.66. The summed E-state index contributed by atoms with van der Waals surface area (Å²) in [6.07, 6.45) is 3.15. The summed E-state index contributed by atoms with van der Waals surface area (Å²) in [7, 11) is 0. The molecule has 3 aromatic rings. The van der Waals surface area contributed by atoms with Crippen molar-refractivity contribution in [3.8, 4) is 0 Å². The van der Waals surface area contributed by atoms with Gasteiger partial charge in [-0.1, -0.05) is 35.9 Å². The minimum Gasteiger partial charge on any atom is -0.354 e. The first-order valence-electron chi connectivity index (χ1n) is 8.34. The van der Waals surface area contributed by atoms with Crippen molar-refractivity contribution in [3.05, 3.63) is 89.0 Å². The summed E-state index contributed by atoms with van der Waals surface area (Å²) < 4.78 is 13.6. The van der Waals surface area contributed by atoms with Crippen LogP contribution in [-0.2, 0) is 6.54 Å². The van der Waals surface area contributed by atoms with E-state index in [0.29, 0.717) is 11.1 Å². The number of anilines is 2. The summed E-state index contributed by atoms with van der Waals surface area (Å²) in [4.78, 5) is 16.5. The van der Waals surface area contributed by atoms with Gasteiger partial charge in [-0.3, -0.25) is 9.78 Å². The van der Waals surface area contributed by atoms with Crippen LogP contribution in [0.2, 0.25) is 0 Å². The van der Waals surface area contributed by atoms with Gasteiger partial charge in [0.1, 0.15) is 5.82 Å². The molecule has 2 N–H and O–H groups in total. The van der Waals surface area contributed by atoms with Gasteiger partial charge in [0.15, 0.2) is 0 Å². The van der Waals surface area contributed by atoms with Crippen LogP contribution in [0.4, 0.5) is 15.8 Å². The standard InChI is InChI=1S/C21H20FN3O/c1-14-7-8-20(15(2)9-14)25-18-10-17(11-23-13-18)21(26)24-12-16-5-3-4-6-19(16)22/h3-11,13,25H,12H2,1-2H3,(H,24,26). The van der Waals surface area contributed by atoms with E-state index >= 15 is 0 Å². The number of hydrogen-bond acceptors (Lipinski definition) is 3. The third-order valence-corrected chi connectivity index (χ3v) is 4.06. The number of benzene rings is 2. The second-order valence-corrected chi connectivity index (χ2v) is 6.18. The summed E-state index contributed by atoms with van der Waals surface area (Å²) in [5, 5.41) is 5.99. The van der Waals surface area contributed by atoms with Gasteiger partial charge in [0.05, 0.1) is 17.4 Å². The predicted molar refractivity (Wildman–Crippen MR) is 101 cm³/mol. The van der Waals surface area contributed by atoms with Crippen molar-refractivity contribution in [2.45, 2.75) is 20.4 Å². The lowest BCUT2D eigenvalue weighted by atomic mass is 10.1. The molecular formula is C21H20FN3O. The number of nitrogens with one attached hydrogen (secondary N) is 2. The minimum atomic E-state index is -0.337. The summed E-state index contributed by atoms with van der Waals surface area (Å²) in [6.45, 7) is 4.19. The third kappa shape index (κ3) is 4.25. The van der Waals surface area contributed by atoms with Crippen molar-refractivity contribution in [2.75, 3.05) is 5.32 Å². The van der Waals surface area contributed by atoms with Crippen LogP contribution in [0.25, 0.3) is 0 Å². The first kappa shape index (κ1) is 17.6. The van der Waals surface area contributed by atoms with Gasteiger partial charge in [0.2, 0.25) is 0 Å². The SMILES string of the molecule is Cc1ccc(Nc2cncc(C(=O)NCc3ccccc3F)c2)c(C)c1. The van der Waals surface area contributed by atoms with E-state index in [-0.39, 0.29) is 18.3 Å². The molecule has 0 aliphatic carbocycles. The van der Waals surface area contributed by atoms with Crippen LogP contribution in [0.3, 0.4) is 0 Å². The number of nitrogens with zero attached hydrogens (tertiary/aromatic N) is 1. The molecule has 2 aromatic carbocycles. The lowest BCUT2D eigenvalue weighted by Crippen LogP contribution is -2.23. The van der Waals surface area contributed by atoms with Crippen molar-refractivity contribution in [1.29, 1.82) is 0 Å². The number of hydrogen-bond donors (Lipinski definition) is 2. The largest absolute Gasteiger partial charge is 0.354 e. The van der Waals surface area contributed by atoms with Crippen molar-refractivity contribution < 1.29 is 9.18 Å². The van der Waals surface area contributed by atoms with E-state index in [0.717, 1.165) is 16.9 Å². The molecule has 3 rings (SSSR count). The van der Waals surface area contributed by atoms with Crippen LogP contribution in [0.5, 0.6) is 0 Å². The van der Waals surface area contributed by atoms with Gasteiger partial charge in [0, 0.05) is 24.0 Å². The first-order chi connectivity index (χ1) is 12.5. The Morgan fingerprint density at radius 3 is 2.65 bits per heavy atom. The smallest absolute Gasteiger partial charge is 0.253 e. The van der Waals surface area contributed by atoms with E-state index in [9.17, 15) is 9.18 Å². The highest BCUT2D eigenvalue weighted by Crippen LogP contribution is 2.21. The Kier molecular flexibility index (Phi) is 5.27. The summed E-state index contributed by atoms with van der Waals surface area (Å²) in [6, 6.07) is 14.2. The maximum absolute atomic E-state index is 13.6. The molecular weight excluding hydrogens is 329 g/mol. The summed E-state index contributed by atoms with van der Waals surface area (Å²) in [5.41, 5.74) is 4.83. The van der Waals surface area contributed by atoms with E-state index < -0.39 is 0 Å². The Morgan fingerprint density at radius 2 is 1.88 bits per heavy atom. The van der Waals surface area contributed by atoms with Gasteiger partial charge in [-0.15, -0.1) is 0 Å². The highest BCUT2D eigenvalue weighted by Gasteiger charge is 2.09. The van der Waals surface area contributed by atoms with Crippen LogP contribution >= 0.6 is 0 Å². The third-order valence-electron chi connectivity index (χ3n) is 4.06. The van der Waals surface area contributed by atoms with E-state index in [1.807, 2.05) is 26.0 Å². The molecule has 0 spiro atoms. The normalized spacial score (nSPS) is 10.4. The molecule has 0 atom stereocenters. The van der Waals surface area contributed by atoms with E-state index in [4.69, 9.17) is 0 Å². The van der Waals surface area contributed by atoms with Gasteiger partial charge in [-0.05, 0) is 37.6 Å². The number of carbonyl (C=O) groups is 1. The fraction of sp³-hybridized carbons (Fsp3) is 0.143. The number of pyridine rings is 1. The highest BCUT2D eigenvalue weighted by atomic mass is 19.1. The van der Waals surface area contributed by atoms with Gasteiger partial charge in [0.25, 0.3) is 5.91 Å². The average molecular weight is 349 g/mol. The molecule has 1 aromatic heterocycles. The van der Waals surface area contributed by atoms with Crippen LogP contribution in [0, 0.1) is 19.7 Å². The molecule has 26 heavy (non-hydrogen) atoms. The fourth-order valence-electron chi connectivity index (χ4n) is 2.66. The quantitative estimate of drug-likeness (QED) is 0.712. The molecule has 0 fully saturated rings. The van der Waals surface area contributed by atoms with Crippen molar-refractivity contribution in [2.24, 2.45) is 0 Å². The number of amides is 1. The Hall–Kier alpha value is -3.21. The van der Waals surface area contributed by atoms with E-state index in [1.165, 1.54) is 17.8 Å². The van der Waals surface area contributed by atoms with E-state index in [2.05, 4.69) is 21.7 Å². The number of rotatable bonds is 5. The van der Waals surface area contributed by atoms with Crippen LogP contribution in [-0.4, -0.2) is 10.9 Å². The van der Waals surface area contributed by atoms with Gasteiger partial charge < -0.3 is 10.6 Å². The monoisotopic (exact) mass is 349 g/mol. The molecule has 0 unspecified atom stereocenters. The Labute approximate surface area is 152 Å². The molecule has 0 aliphatic rings. The molecule has 0 aliphatic heterocycles. The van der Waals surface area contributed by atoms with Crippen molar-refractivity contribution in [3.63, 3.8) is 0 Å². The Bertz CT molecular complexity index is 940. The highest BCUT2D eigenvalue weighted by molar-refractivity contribution is 5.94. The second-order valence-electron chi connectivity index (χ2n) is 6.18. The second kappa shape index (κ2) is 7.78. The molecule has 1 heterocycles. The summed E-state index contributed by atoms with van der Waals surface area (Å²) in [5.74, 6) is -0.638. The number of aromatic nitrogens is 1. The molecule has 0 radical (unpaired) electrons. The summed E-state index contributed by atoms with van der Waals surface area (Å²) >= 11 is 0. The van der Waals surface area contributed by atoms with E-state index in [1.54, 1.807) is 30.5 Å². The molecule has 0 saturated heterocycles.